The number of anilines is 1. The van der Waals surface area contributed by atoms with Gasteiger partial charge in [-0.05, 0) is 74.0 Å². The van der Waals surface area contributed by atoms with Crippen molar-refractivity contribution in [1.29, 1.82) is 0 Å². The number of hydrogen-bond donors (Lipinski definition) is 1. The molecule has 154 valence electrons. The van der Waals surface area contributed by atoms with E-state index in [-0.39, 0.29) is 5.91 Å². The number of rotatable bonds is 7. The van der Waals surface area contributed by atoms with Crippen molar-refractivity contribution in [3.05, 3.63) is 88.7 Å². The average molecular weight is 422 g/mol. The second kappa shape index (κ2) is 9.74. The summed E-state index contributed by atoms with van der Waals surface area (Å²) in [6.45, 7) is 3.59. The van der Waals surface area contributed by atoms with Gasteiger partial charge in [-0.25, -0.2) is 0 Å². The third kappa shape index (κ3) is 5.38. The van der Waals surface area contributed by atoms with Crippen LogP contribution in [0, 0.1) is 0 Å². The summed E-state index contributed by atoms with van der Waals surface area (Å²) in [7, 11) is 0. The summed E-state index contributed by atoms with van der Waals surface area (Å²) in [5, 5.41) is 3.33. The van der Waals surface area contributed by atoms with Crippen molar-refractivity contribution in [2.45, 2.75) is 26.0 Å². The highest BCUT2D eigenvalue weighted by Crippen LogP contribution is 2.28. The van der Waals surface area contributed by atoms with Gasteiger partial charge in [0.25, 0.3) is 5.91 Å². The Morgan fingerprint density at radius 3 is 2.57 bits per heavy atom. The van der Waals surface area contributed by atoms with Gasteiger partial charge < -0.3 is 10.1 Å². The molecule has 2 heterocycles. The van der Waals surface area contributed by atoms with E-state index >= 15 is 0 Å². The molecule has 6 heteroatoms. The molecule has 0 radical (unpaired) electrons. The summed E-state index contributed by atoms with van der Waals surface area (Å²) in [5.74, 6) is 0.382. The molecule has 4 rings (SSSR count). The molecule has 30 heavy (non-hydrogen) atoms. The molecular weight excluding hydrogens is 398 g/mol. The summed E-state index contributed by atoms with van der Waals surface area (Å²) in [5.41, 5.74) is 3.29. The second-order valence-corrected chi connectivity index (χ2v) is 7.80. The maximum Gasteiger partial charge on any atom is 0.255 e. The van der Waals surface area contributed by atoms with E-state index in [4.69, 9.17) is 16.3 Å². The van der Waals surface area contributed by atoms with E-state index in [0.717, 1.165) is 25.3 Å². The van der Waals surface area contributed by atoms with Crippen LogP contribution in [0.25, 0.3) is 0 Å². The molecule has 0 aliphatic carbocycles. The Balaban J connectivity index is 1.34. The van der Waals surface area contributed by atoms with E-state index in [9.17, 15) is 4.79 Å². The zero-order chi connectivity index (χ0) is 20.8. The van der Waals surface area contributed by atoms with Crippen LogP contribution in [0.4, 0.5) is 5.69 Å². The van der Waals surface area contributed by atoms with Gasteiger partial charge >= 0.3 is 0 Å². The van der Waals surface area contributed by atoms with Gasteiger partial charge in [-0.1, -0.05) is 29.8 Å². The minimum Gasteiger partial charge on any atom is -0.486 e. The summed E-state index contributed by atoms with van der Waals surface area (Å²) in [6.07, 6.45) is 4.27. The number of hydrogen-bond acceptors (Lipinski definition) is 4. The number of aromatic nitrogens is 1. The zero-order valence-electron chi connectivity index (χ0n) is 16.7. The SMILES string of the molecule is O=C(Nc1ccc(OCc2ccccn2)c(Cl)c1)c1ccc(CN2CCCC2)cc1. The van der Waals surface area contributed by atoms with Crippen LogP contribution < -0.4 is 10.1 Å². The molecule has 1 N–H and O–H groups in total. The van der Waals surface area contributed by atoms with Gasteiger partial charge in [0.2, 0.25) is 0 Å². The summed E-state index contributed by atoms with van der Waals surface area (Å²) < 4.78 is 5.72. The first-order chi connectivity index (χ1) is 14.7. The highest BCUT2D eigenvalue weighted by molar-refractivity contribution is 6.32. The number of nitrogens with one attached hydrogen (secondary N) is 1. The van der Waals surface area contributed by atoms with E-state index in [1.54, 1.807) is 24.4 Å². The molecule has 0 bridgehead atoms. The van der Waals surface area contributed by atoms with Crippen molar-refractivity contribution in [3.63, 3.8) is 0 Å². The second-order valence-electron chi connectivity index (χ2n) is 7.39. The number of carbonyl (C=O) groups excluding carboxylic acids is 1. The number of likely N-dealkylation sites (tertiary alicyclic amines) is 1. The molecule has 1 aromatic heterocycles. The van der Waals surface area contributed by atoms with Crippen LogP contribution in [0.1, 0.15) is 34.5 Å². The van der Waals surface area contributed by atoms with Gasteiger partial charge in [0, 0.05) is 24.0 Å². The van der Waals surface area contributed by atoms with Gasteiger partial charge in [0.05, 0.1) is 10.7 Å². The fraction of sp³-hybridized carbons (Fsp3) is 0.250. The number of carbonyl (C=O) groups is 1. The molecule has 2 aromatic carbocycles. The van der Waals surface area contributed by atoms with Gasteiger partial charge in [0.1, 0.15) is 12.4 Å². The Kier molecular flexibility index (Phi) is 6.62. The van der Waals surface area contributed by atoms with Gasteiger partial charge in [-0.2, -0.15) is 0 Å². The van der Waals surface area contributed by atoms with Gasteiger partial charge in [-0.15, -0.1) is 0 Å². The van der Waals surface area contributed by atoms with Crippen molar-refractivity contribution in [1.82, 2.24) is 9.88 Å². The Morgan fingerprint density at radius 1 is 1.07 bits per heavy atom. The van der Waals surface area contributed by atoms with E-state index in [1.165, 1.54) is 18.4 Å². The monoisotopic (exact) mass is 421 g/mol. The molecule has 0 unspecified atom stereocenters. The lowest BCUT2D eigenvalue weighted by Crippen LogP contribution is -2.18. The maximum atomic E-state index is 12.6. The fourth-order valence-electron chi connectivity index (χ4n) is 3.49. The average Bonchev–Trinajstić information content (AvgIpc) is 3.27. The molecule has 0 atom stereocenters. The zero-order valence-corrected chi connectivity index (χ0v) is 17.4. The molecule has 0 saturated carbocycles. The quantitative estimate of drug-likeness (QED) is 0.572. The van der Waals surface area contributed by atoms with Crippen molar-refractivity contribution in [2.75, 3.05) is 18.4 Å². The minimum absolute atomic E-state index is 0.166. The summed E-state index contributed by atoms with van der Waals surface area (Å²) in [4.78, 5) is 19.2. The minimum atomic E-state index is -0.166. The summed E-state index contributed by atoms with van der Waals surface area (Å²) in [6, 6.07) is 18.6. The lowest BCUT2D eigenvalue weighted by atomic mass is 10.1. The lowest BCUT2D eigenvalue weighted by molar-refractivity contribution is 0.102. The van der Waals surface area contributed by atoms with Crippen LogP contribution in [0.5, 0.6) is 5.75 Å². The molecular formula is C24H24ClN3O2. The van der Waals surface area contributed by atoms with Gasteiger partial charge in [-0.3, -0.25) is 14.7 Å². The van der Waals surface area contributed by atoms with Crippen LogP contribution in [0.15, 0.2) is 66.9 Å². The molecule has 1 aliphatic rings. The van der Waals surface area contributed by atoms with Crippen LogP contribution in [0.2, 0.25) is 5.02 Å². The number of ether oxygens (including phenoxy) is 1. The van der Waals surface area contributed by atoms with Crippen molar-refractivity contribution < 1.29 is 9.53 Å². The van der Waals surface area contributed by atoms with E-state index < -0.39 is 0 Å². The molecule has 5 nitrogen and oxygen atoms in total. The number of pyridine rings is 1. The van der Waals surface area contributed by atoms with Crippen LogP contribution in [-0.2, 0) is 13.2 Å². The largest absolute Gasteiger partial charge is 0.486 e. The van der Waals surface area contributed by atoms with Gasteiger partial charge in [0.15, 0.2) is 0 Å². The molecule has 1 amide bonds. The normalized spacial score (nSPS) is 13.9. The first-order valence-corrected chi connectivity index (χ1v) is 10.5. The van der Waals surface area contributed by atoms with Crippen LogP contribution >= 0.6 is 11.6 Å². The highest BCUT2D eigenvalue weighted by atomic mass is 35.5. The van der Waals surface area contributed by atoms with Crippen molar-refractivity contribution in [2.24, 2.45) is 0 Å². The van der Waals surface area contributed by atoms with Crippen molar-refractivity contribution >= 4 is 23.2 Å². The number of halogens is 1. The third-order valence-electron chi connectivity index (χ3n) is 5.11. The van der Waals surface area contributed by atoms with E-state index in [2.05, 4.69) is 15.2 Å². The molecule has 3 aromatic rings. The molecule has 1 fully saturated rings. The first kappa shape index (κ1) is 20.4. The Bertz CT molecular complexity index is 987. The standard InChI is InChI=1S/C24H24ClN3O2/c25-22-15-20(10-11-23(22)30-17-21-5-1-2-12-26-21)27-24(29)19-8-6-18(7-9-19)16-28-13-3-4-14-28/h1-2,5-12,15H,3-4,13-14,16-17H2,(H,27,29). The first-order valence-electron chi connectivity index (χ1n) is 10.1. The van der Waals surface area contributed by atoms with Crippen molar-refractivity contribution in [3.8, 4) is 5.75 Å². The number of benzene rings is 2. The number of nitrogens with zero attached hydrogens (tertiary/aromatic N) is 2. The highest BCUT2D eigenvalue weighted by Gasteiger charge is 2.13. The predicted molar refractivity (Wildman–Crippen MR) is 119 cm³/mol. The Labute approximate surface area is 181 Å². The predicted octanol–water partition coefficient (Wildman–Crippen LogP) is 5.16. The summed E-state index contributed by atoms with van der Waals surface area (Å²) >= 11 is 6.33. The molecule has 1 saturated heterocycles. The lowest BCUT2D eigenvalue weighted by Gasteiger charge is -2.14. The maximum absolute atomic E-state index is 12.6. The van der Waals surface area contributed by atoms with E-state index in [0.29, 0.717) is 28.6 Å². The van der Waals surface area contributed by atoms with E-state index in [1.807, 2.05) is 42.5 Å². The molecule has 0 spiro atoms. The third-order valence-corrected chi connectivity index (χ3v) is 5.41. The Hall–Kier alpha value is -2.89. The van der Waals surface area contributed by atoms with Crippen LogP contribution in [0.3, 0.4) is 0 Å². The fourth-order valence-corrected chi connectivity index (χ4v) is 3.73. The Morgan fingerprint density at radius 2 is 1.87 bits per heavy atom. The topological polar surface area (TPSA) is 54.5 Å². The smallest absolute Gasteiger partial charge is 0.255 e. The van der Waals surface area contributed by atoms with Crippen LogP contribution in [-0.4, -0.2) is 28.9 Å². The molecule has 1 aliphatic heterocycles. The number of amides is 1.